The van der Waals surface area contributed by atoms with E-state index in [2.05, 4.69) is 10.4 Å². The molecule has 160 valence electrons. The quantitative estimate of drug-likeness (QED) is 0.486. The Morgan fingerprint density at radius 2 is 1.47 bits per heavy atom. The van der Waals surface area contributed by atoms with Gasteiger partial charge in [0.05, 0.1) is 16.8 Å². The van der Waals surface area contributed by atoms with Gasteiger partial charge in [0, 0.05) is 0 Å². The molecule has 0 unspecified atom stereocenters. The van der Waals surface area contributed by atoms with Crippen molar-refractivity contribution in [3.05, 3.63) is 111 Å². The van der Waals surface area contributed by atoms with E-state index < -0.39 is 11.7 Å². The summed E-state index contributed by atoms with van der Waals surface area (Å²) < 4.78 is 15.8. The zero-order valence-electron chi connectivity index (χ0n) is 18.0. The van der Waals surface area contributed by atoms with E-state index >= 15 is 0 Å². The lowest BCUT2D eigenvalue weighted by Gasteiger charge is -2.19. The fraction of sp³-hybridized carbons (Fsp3) is 0.115. The van der Waals surface area contributed by atoms with E-state index in [0.717, 1.165) is 11.1 Å². The number of hydrogen-bond donors (Lipinski definition) is 1. The first-order chi connectivity index (χ1) is 15.3. The first kappa shape index (κ1) is 21.2. The lowest BCUT2D eigenvalue weighted by atomic mass is 10.0. The van der Waals surface area contributed by atoms with Gasteiger partial charge in [-0.05, 0) is 50.6 Å². The van der Waals surface area contributed by atoms with Gasteiger partial charge in [0.2, 0.25) is 5.43 Å². The first-order valence-corrected chi connectivity index (χ1v) is 10.2. The van der Waals surface area contributed by atoms with Crippen LogP contribution in [-0.2, 0) is 0 Å². The maximum Gasteiger partial charge on any atom is 0.259 e. The minimum Gasteiger partial charge on any atom is -0.306 e. The number of benzene rings is 3. The van der Waals surface area contributed by atoms with Gasteiger partial charge in [-0.3, -0.25) is 9.59 Å². The molecule has 32 heavy (non-hydrogen) atoms. The molecule has 3 aromatic carbocycles. The Morgan fingerprint density at radius 1 is 0.875 bits per heavy atom. The standard InChI is InChI=1S/C26H22FN3O2/c1-16-8-12-19(13-9-16)23-24(31)18(3)29-30(20-14-10-17(2)11-15-20)25(23)28-26(32)21-6-4-5-7-22(21)27/h4-15H,1-3H3,(H,28,32). The molecular weight excluding hydrogens is 405 g/mol. The van der Waals surface area contributed by atoms with E-state index in [0.29, 0.717) is 16.8 Å². The molecule has 5 nitrogen and oxygen atoms in total. The number of amides is 1. The van der Waals surface area contributed by atoms with Gasteiger partial charge in [-0.1, -0.05) is 59.7 Å². The topological polar surface area (TPSA) is 64.0 Å². The van der Waals surface area contributed by atoms with Crippen molar-refractivity contribution in [3.63, 3.8) is 0 Å². The van der Waals surface area contributed by atoms with E-state index in [1.54, 1.807) is 13.0 Å². The third kappa shape index (κ3) is 4.07. The molecule has 0 atom stereocenters. The smallest absolute Gasteiger partial charge is 0.259 e. The Balaban J connectivity index is 1.97. The predicted octanol–water partition coefficient (Wildman–Crippen LogP) is 5.22. The number of nitrogens with zero attached hydrogens (tertiary/aromatic N) is 2. The molecule has 0 aliphatic rings. The van der Waals surface area contributed by atoms with Gasteiger partial charge in [0.1, 0.15) is 17.3 Å². The molecule has 0 spiro atoms. The summed E-state index contributed by atoms with van der Waals surface area (Å²) in [5.74, 6) is -1.13. The normalized spacial score (nSPS) is 10.8. The number of carbonyl (C=O) groups excluding carboxylic acids is 1. The van der Waals surface area contributed by atoms with Crippen LogP contribution in [0.15, 0.2) is 77.6 Å². The van der Waals surface area contributed by atoms with Crippen molar-refractivity contribution in [1.29, 1.82) is 0 Å². The van der Waals surface area contributed by atoms with E-state index in [1.165, 1.54) is 22.9 Å². The van der Waals surface area contributed by atoms with Gasteiger partial charge >= 0.3 is 0 Å². The SMILES string of the molecule is Cc1ccc(-c2c(NC(=O)c3ccccc3F)n(-c3ccc(C)cc3)nc(C)c2=O)cc1. The number of halogens is 1. The Bertz CT molecular complexity index is 1360. The summed E-state index contributed by atoms with van der Waals surface area (Å²) in [6.07, 6.45) is 0. The van der Waals surface area contributed by atoms with Crippen LogP contribution in [0.2, 0.25) is 0 Å². The summed E-state index contributed by atoms with van der Waals surface area (Å²) in [7, 11) is 0. The van der Waals surface area contributed by atoms with Gasteiger partial charge in [-0.25, -0.2) is 9.07 Å². The van der Waals surface area contributed by atoms with Crippen LogP contribution in [0.3, 0.4) is 0 Å². The van der Waals surface area contributed by atoms with Crippen molar-refractivity contribution in [1.82, 2.24) is 9.78 Å². The Hall–Kier alpha value is -4.06. The van der Waals surface area contributed by atoms with Gasteiger partial charge in [-0.15, -0.1) is 0 Å². The Morgan fingerprint density at radius 3 is 2.09 bits per heavy atom. The molecule has 1 amide bonds. The van der Waals surface area contributed by atoms with Gasteiger partial charge in [-0.2, -0.15) is 5.10 Å². The minimum atomic E-state index is -0.664. The molecule has 4 aromatic rings. The molecule has 4 rings (SSSR count). The monoisotopic (exact) mass is 427 g/mol. The summed E-state index contributed by atoms with van der Waals surface area (Å²) in [6, 6.07) is 20.7. The van der Waals surface area contributed by atoms with Gasteiger partial charge < -0.3 is 5.32 Å². The van der Waals surface area contributed by atoms with Crippen LogP contribution >= 0.6 is 0 Å². The van der Waals surface area contributed by atoms with Crippen molar-refractivity contribution in [2.24, 2.45) is 0 Å². The number of aryl methyl sites for hydroxylation is 3. The van der Waals surface area contributed by atoms with E-state index in [4.69, 9.17) is 0 Å². The van der Waals surface area contributed by atoms with Crippen molar-refractivity contribution in [3.8, 4) is 16.8 Å². The zero-order valence-corrected chi connectivity index (χ0v) is 18.0. The first-order valence-electron chi connectivity index (χ1n) is 10.2. The van der Waals surface area contributed by atoms with E-state index in [-0.39, 0.29) is 22.5 Å². The molecule has 0 aliphatic carbocycles. The molecule has 0 saturated carbocycles. The molecule has 1 heterocycles. The second-order valence-corrected chi connectivity index (χ2v) is 7.69. The molecule has 0 fully saturated rings. The molecule has 6 heteroatoms. The van der Waals surface area contributed by atoms with Crippen LogP contribution in [0.25, 0.3) is 16.8 Å². The van der Waals surface area contributed by atoms with Crippen molar-refractivity contribution >= 4 is 11.7 Å². The van der Waals surface area contributed by atoms with Crippen LogP contribution in [0.1, 0.15) is 27.2 Å². The minimum absolute atomic E-state index is 0.120. The number of hydrogen-bond acceptors (Lipinski definition) is 3. The van der Waals surface area contributed by atoms with Gasteiger partial charge in [0.15, 0.2) is 0 Å². The number of nitrogens with one attached hydrogen (secondary N) is 1. The molecular formula is C26H22FN3O2. The van der Waals surface area contributed by atoms with Crippen LogP contribution in [0, 0.1) is 26.6 Å². The van der Waals surface area contributed by atoms with Crippen molar-refractivity contribution in [2.75, 3.05) is 5.32 Å². The van der Waals surface area contributed by atoms with Crippen LogP contribution in [0.4, 0.5) is 10.2 Å². The summed E-state index contributed by atoms with van der Waals surface area (Å²) in [5.41, 5.74) is 3.55. The average molecular weight is 427 g/mol. The summed E-state index contributed by atoms with van der Waals surface area (Å²) in [5, 5.41) is 7.19. The molecule has 0 aliphatic heterocycles. The number of rotatable bonds is 4. The summed E-state index contributed by atoms with van der Waals surface area (Å²) in [6.45, 7) is 5.55. The highest BCUT2D eigenvalue weighted by Gasteiger charge is 2.22. The highest BCUT2D eigenvalue weighted by Crippen LogP contribution is 2.28. The molecule has 0 saturated heterocycles. The fourth-order valence-electron chi connectivity index (χ4n) is 3.44. The molecule has 0 radical (unpaired) electrons. The lowest BCUT2D eigenvalue weighted by molar-refractivity contribution is 0.102. The van der Waals surface area contributed by atoms with Crippen LogP contribution < -0.4 is 10.7 Å². The largest absolute Gasteiger partial charge is 0.306 e. The third-order valence-electron chi connectivity index (χ3n) is 5.22. The fourth-order valence-corrected chi connectivity index (χ4v) is 3.44. The maximum absolute atomic E-state index is 14.3. The molecule has 0 bridgehead atoms. The highest BCUT2D eigenvalue weighted by molar-refractivity contribution is 6.06. The summed E-state index contributed by atoms with van der Waals surface area (Å²) >= 11 is 0. The Kier molecular flexibility index (Phi) is 5.69. The van der Waals surface area contributed by atoms with Crippen molar-refractivity contribution in [2.45, 2.75) is 20.8 Å². The highest BCUT2D eigenvalue weighted by atomic mass is 19.1. The van der Waals surface area contributed by atoms with Crippen LogP contribution in [0.5, 0.6) is 0 Å². The predicted molar refractivity (Wildman–Crippen MR) is 124 cm³/mol. The summed E-state index contributed by atoms with van der Waals surface area (Å²) in [4.78, 5) is 26.2. The molecule has 1 aromatic heterocycles. The molecule has 1 N–H and O–H groups in total. The van der Waals surface area contributed by atoms with E-state index in [1.807, 2.05) is 62.4 Å². The lowest BCUT2D eigenvalue weighted by Crippen LogP contribution is -2.25. The maximum atomic E-state index is 14.3. The Labute approximate surface area is 185 Å². The number of aromatic nitrogens is 2. The van der Waals surface area contributed by atoms with Crippen LogP contribution in [-0.4, -0.2) is 15.7 Å². The third-order valence-corrected chi connectivity index (χ3v) is 5.22. The second kappa shape index (κ2) is 8.59. The number of carbonyl (C=O) groups is 1. The average Bonchev–Trinajstić information content (AvgIpc) is 2.78. The zero-order chi connectivity index (χ0) is 22.8. The second-order valence-electron chi connectivity index (χ2n) is 7.69. The number of anilines is 1. The van der Waals surface area contributed by atoms with E-state index in [9.17, 15) is 14.0 Å². The van der Waals surface area contributed by atoms with Crippen molar-refractivity contribution < 1.29 is 9.18 Å². The van der Waals surface area contributed by atoms with Gasteiger partial charge in [0.25, 0.3) is 5.91 Å².